The van der Waals surface area contributed by atoms with Crippen LogP contribution in [0.25, 0.3) is 15.5 Å². The molecule has 0 bridgehead atoms. The lowest BCUT2D eigenvalue weighted by Crippen LogP contribution is -2.52. The number of benzene rings is 2. The Balaban J connectivity index is 2.43. The first-order valence-corrected chi connectivity index (χ1v) is 6.96. The molecule has 2 aromatic carbocycles. The van der Waals surface area contributed by atoms with Crippen molar-refractivity contribution in [3.05, 3.63) is 47.2 Å². The first-order chi connectivity index (χ1) is 8.12. The first kappa shape index (κ1) is 11.9. The zero-order valence-corrected chi connectivity index (χ0v) is 10.2. The Hall–Kier alpha value is -1.59. The second kappa shape index (κ2) is 4.73. The van der Waals surface area contributed by atoms with Gasteiger partial charge in [0.2, 0.25) is 0 Å². The third-order valence-electron chi connectivity index (χ3n) is 2.41. The average Bonchev–Trinajstić information content (AvgIpc) is 2.29. The summed E-state index contributed by atoms with van der Waals surface area (Å²) in [7, 11) is -3.41. The number of sulfonamides is 1. The molecule has 0 spiro atoms. The molecule has 4 nitrogen and oxygen atoms in total. The van der Waals surface area contributed by atoms with E-state index in [1.807, 2.05) is 30.3 Å². The molecule has 0 aliphatic carbocycles. The summed E-state index contributed by atoms with van der Waals surface area (Å²) in [6, 6.07) is 13.0. The molecule has 90 valence electrons. The minimum absolute atomic E-state index is 0.0176. The molecule has 0 unspecified atom stereocenters. The van der Waals surface area contributed by atoms with Crippen LogP contribution in [-0.2, 0) is 10.0 Å². The molecular formula is C12H14N2O2S. The van der Waals surface area contributed by atoms with Gasteiger partial charge in [-0.2, -0.15) is 0 Å². The van der Waals surface area contributed by atoms with Gasteiger partial charge in [-0.25, -0.2) is 8.42 Å². The monoisotopic (exact) mass is 250 g/mol. The van der Waals surface area contributed by atoms with E-state index >= 15 is 0 Å². The van der Waals surface area contributed by atoms with Gasteiger partial charge < -0.3 is 10.5 Å². The maximum absolute atomic E-state index is 11.6. The second-order valence-corrected chi connectivity index (χ2v) is 5.48. The Morgan fingerprint density at radius 3 is 2.53 bits per heavy atom. The predicted octanol–water partition coefficient (Wildman–Crippen LogP) is 1.42. The van der Waals surface area contributed by atoms with Crippen molar-refractivity contribution in [2.24, 2.45) is 0 Å². The smallest absolute Gasteiger partial charge is 0.0993 e. The van der Waals surface area contributed by atoms with Gasteiger partial charge in [0.1, 0.15) is 0 Å². The van der Waals surface area contributed by atoms with Crippen molar-refractivity contribution in [2.45, 2.75) is 0 Å². The molecule has 0 saturated heterocycles. The van der Waals surface area contributed by atoms with Crippen LogP contribution < -0.4 is 5.73 Å². The van der Waals surface area contributed by atoms with Crippen LogP contribution in [-0.4, -0.2) is 20.7 Å². The molecular weight excluding hydrogens is 236 g/mol. The lowest BCUT2D eigenvalue weighted by Gasteiger charge is -2.22. The highest BCUT2D eigenvalue weighted by Crippen LogP contribution is 2.31. The Labute approximate surface area is 100 Å². The number of hydrogen-bond donors (Lipinski definition) is 1. The maximum Gasteiger partial charge on any atom is 0.0993 e. The van der Waals surface area contributed by atoms with Crippen molar-refractivity contribution < 1.29 is 14.2 Å². The van der Waals surface area contributed by atoms with Gasteiger partial charge in [-0.05, 0) is 10.8 Å². The van der Waals surface area contributed by atoms with Crippen molar-refractivity contribution in [1.82, 2.24) is 0 Å². The summed E-state index contributed by atoms with van der Waals surface area (Å²) < 4.78 is 27.1. The van der Waals surface area contributed by atoms with Crippen molar-refractivity contribution in [3.63, 3.8) is 0 Å². The Bertz CT molecular complexity index is 618. The predicted molar refractivity (Wildman–Crippen MR) is 68.5 cm³/mol. The summed E-state index contributed by atoms with van der Waals surface area (Å²) in [5.41, 5.74) is 4.03. The van der Waals surface area contributed by atoms with Gasteiger partial charge in [0, 0.05) is 0 Å². The SMILES string of the molecule is [NH3+]CCS(=O)(=O)[N-]c1cccc2ccccc12. The molecule has 17 heavy (non-hydrogen) atoms. The van der Waals surface area contributed by atoms with E-state index in [2.05, 4.69) is 10.5 Å². The fourth-order valence-electron chi connectivity index (χ4n) is 1.67. The zero-order valence-electron chi connectivity index (χ0n) is 9.33. The molecule has 5 heteroatoms. The number of nitrogens with zero attached hydrogens (tertiary/aromatic N) is 1. The number of quaternary nitrogens is 1. The van der Waals surface area contributed by atoms with Crippen LogP contribution in [0.2, 0.25) is 0 Å². The van der Waals surface area contributed by atoms with E-state index in [1.165, 1.54) is 0 Å². The lowest BCUT2D eigenvalue weighted by molar-refractivity contribution is -0.360. The highest BCUT2D eigenvalue weighted by atomic mass is 32.2. The minimum atomic E-state index is -3.41. The number of hydrogen-bond acceptors (Lipinski definition) is 2. The van der Waals surface area contributed by atoms with Crippen LogP contribution in [0.5, 0.6) is 0 Å². The number of rotatable bonds is 4. The largest absolute Gasteiger partial charge is 0.576 e. The maximum atomic E-state index is 11.6. The standard InChI is InChI=1S/C12H13N2O2S/c13-8-9-17(15,16)14-12-7-3-5-10-4-1-2-6-11(10)12/h1-7H,8-9,13H2/q-1/p+1. The third kappa shape index (κ3) is 2.75. The third-order valence-corrected chi connectivity index (χ3v) is 3.69. The van der Waals surface area contributed by atoms with Gasteiger partial charge in [-0.3, -0.25) is 0 Å². The Morgan fingerprint density at radius 1 is 1.06 bits per heavy atom. The fraction of sp³-hybridized carbons (Fsp3) is 0.167. The average molecular weight is 250 g/mol. The van der Waals surface area contributed by atoms with Gasteiger partial charge in [0.15, 0.2) is 0 Å². The quantitative estimate of drug-likeness (QED) is 0.890. The summed E-state index contributed by atoms with van der Waals surface area (Å²) in [6.07, 6.45) is 0. The van der Waals surface area contributed by atoms with E-state index < -0.39 is 10.0 Å². The molecule has 0 aliphatic heterocycles. The summed E-state index contributed by atoms with van der Waals surface area (Å²) in [5, 5.41) is 1.83. The lowest BCUT2D eigenvalue weighted by atomic mass is 10.1. The van der Waals surface area contributed by atoms with Gasteiger partial charge in [0.25, 0.3) is 0 Å². The molecule has 2 rings (SSSR count). The van der Waals surface area contributed by atoms with Crippen LogP contribution in [0.1, 0.15) is 0 Å². The molecule has 3 N–H and O–H groups in total. The van der Waals surface area contributed by atoms with Crippen molar-refractivity contribution in [3.8, 4) is 0 Å². The van der Waals surface area contributed by atoms with E-state index in [0.29, 0.717) is 12.2 Å². The molecule has 2 aromatic rings. The zero-order chi connectivity index (χ0) is 12.3. The van der Waals surface area contributed by atoms with E-state index in [1.54, 1.807) is 12.1 Å². The molecule has 0 atom stereocenters. The molecule has 0 fully saturated rings. The molecule has 0 aromatic heterocycles. The van der Waals surface area contributed by atoms with E-state index in [4.69, 9.17) is 0 Å². The van der Waals surface area contributed by atoms with Crippen molar-refractivity contribution in [1.29, 1.82) is 0 Å². The molecule has 0 aliphatic rings. The first-order valence-electron chi connectivity index (χ1n) is 5.35. The van der Waals surface area contributed by atoms with Crippen LogP contribution in [0.15, 0.2) is 42.5 Å². The van der Waals surface area contributed by atoms with Crippen LogP contribution >= 0.6 is 0 Å². The highest BCUT2D eigenvalue weighted by Gasteiger charge is 2.01. The molecule has 0 radical (unpaired) electrons. The summed E-state index contributed by atoms with van der Waals surface area (Å²) in [5.74, 6) is -0.0176. The van der Waals surface area contributed by atoms with Crippen molar-refractivity contribution >= 4 is 26.5 Å². The normalized spacial score (nSPS) is 11.6. The van der Waals surface area contributed by atoms with E-state index in [0.717, 1.165) is 10.8 Å². The Morgan fingerprint density at radius 2 is 1.76 bits per heavy atom. The van der Waals surface area contributed by atoms with Gasteiger partial charge in [0.05, 0.1) is 22.3 Å². The summed E-state index contributed by atoms with van der Waals surface area (Å²) >= 11 is 0. The topological polar surface area (TPSA) is 75.9 Å². The van der Waals surface area contributed by atoms with E-state index in [-0.39, 0.29) is 5.75 Å². The number of fused-ring (bicyclic) bond motifs is 1. The van der Waals surface area contributed by atoms with Gasteiger partial charge >= 0.3 is 0 Å². The second-order valence-electron chi connectivity index (χ2n) is 3.73. The summed E-state index contributed by atoms with van der Waals surface area (Å²) in [4.78, 5) is 0. The molecule has 0 amide bonds. The minimum Gasteiger partial charge on any atom is -0.576 e. The van der Waals surface area contributed by atoms with Crippen LogP contribution in [0.3, 0.4) is 0 Å². The highest BCUT2D eigenvalue weighted by molar-refractivity contribution is 7.94. The Kier molecular flexibility index (Phi) is 3.31. The van der Waals surface area contributed by atoms with Crippen LogP contribution in [0.4, 0.5) is 5.69 Å². The van der Waals surface area contributed by atoms with Gasteiger partial charge in [-0.15, -0.1) is 5.69 Å². The molecule has 0 heterocycles. The van der Waals surface area contributed by atoms with Crippen molar-refractivity contribution in [2.75, 3.05) is 12.3 Å². The fourth-order valence-corrected chi connectivity index (χ4v) is 2.58. The van der Waals surface area contributed by atoms with Crippen LogP contribution in [0, 0.1) is 0 Å². The van der Waals surface area contributed by atoms with E-state index in [9.17, 15) is 8.42 Å². The molecule has 0 saturated carbocycles. The van der Waals surface area contributed by atoms with Gasteiger partial charge in [-0.1, -0.05) is 42.5 Å². The summed E-state index contributed by atoms with van der Waals surface area (Å²) in [6.45, 7) is 0.330.